The van der Waals surface area contributed by atoms with Crippen LogP contribution in [0.4, 0.5) is 4.79 Å². The third kappa shape index (κ3) is 6.14. The molecular formula is C19H23Cl2N3O4. The van der Waals surface area contributed by atoms with Gasteiger partial charge in [-0.25, -0.2) is 14.6 Å². The van der Waals surface area contributed by atoms with E-state index in [2.05, 4.69) is 4.98 Å². The first-order valence-electron chi connectivity index (χ1n) is 8.83. The molecule has 0 aliphatic heterocycles. The Balaban J connectivity index is 2.13. The third-order valence-corrected chi connectivity index (χ3v) is 4.72. The molecule has 0 bridgehead atoms. The van der Waals surface area contributed by atoms with Gasteiger partial charge in [-0.2, -0.15) is 0 Å². The van der Waals surface area contributed by atoms with Crippen LogP contribution in [0.2, 0.25) is 10.0 Å². The van der Waals surface area contributed by atoms with E-state index in [1.54, 1.807) is 30.7 Å². The fourth-order valence-electron chi connectivity index (χ4n) is 3.03. The van der Waals surface area contributed by atoms with Crippen molar-refractivity contribution in [1.82, 2.24) is 14.5 Å². The highest BCUT2D eigenvalue weighted by Gasteiger charge is 2.30. The first kappa shape index (κ1) is 22.0. The van der Waals surface area contributed by atoms with Crippen LogP contribution >= 0.6 is 23.2 Å². The highest BCUT2D eigenvalue weighted by atomic mass is 35.5. The van der Waals surface area contributed by atoms with Crippen molar-refractivity contribution >= 4 is 35.3 Å². The van der Waals surface area contributed by atoms with Crippen molar-refractivity contribution in [2.75, 3.05) is 6.54 Å². The number of nitrogens with zero attached hydrogens (tertiary/aromatic N) is 3. The van der Waals surface area contributed by atoms with E-state index in [0.717, 1.165) is 16.2 Å². The summed E-state index contributed by atoms with van der Waals surface area (Å²) >= 11 is 12.1. The summed E-state index contributed by atoms with van der Waals surface area (Å²) in [5.41, 5.74) is 1.67. The van der Waals surface area contributed by atoms with Crippen molar-refractivity contribution in [1.29, 1.82) is 0 Å². The van der Waals surface area contributed by atoms with Crippen LogP contribution in [0.3, 0.4) is 0 Å². The standard InChI is InChI=1S/C19H23Cl2N3O4/c1-12(2)5-17(18(25)26)24(19(27)28)4-3-16-9-22-11-23(16)10-13-6-14(20)8-15(21)7-13/h6-9,11-12,17H,3-5,10H2,1-2H3,(H,25,26)(H,27,28)/t17-/m0/s1. The summed E-state index contributed by atoms with van der Waals surface area (Å²) in [7, 11) is 0. The highest BCUT2D eigenvalue weighted by Crippen LogP contribution is 2.20. The zero-order chi connectivity index (χ0) is 20.8. The van der Waals surface area contributed by atoms with Crippen LogP contribution in [0, 0.1) is 5.92 Å². The van der Waals surface area contributed by atoms with Crippen LogP contribution in [0.5, 0.6) is 0 Å². The summed E-state index contributed by atoms with van der Waals surface area (Å²) in [4.78, 5) is 28.3. The zero-order valence-electron chi connectivity index (χ0n) is 15.7. The van der Waals surface area contributed by atoms with Gasteiger partial charge in [0.05, 0.1) is 6.33 Å². The number of hydrogen-bond acceptors (Lipinski definition) is 3. The lowest BCUT2D eigenvalue weighted by Gasteiger charge is -2.27. The topological polar surface area (TPSA) is 95.7 Å². The molecule has 0 aliphatic rings. The molecule has 2 aromatic rings. The van der Waals surface area contributed by atoms with E-state index in [-0.39, 0.29) is 18.9 Å². The van der Waals surface area contributed by atoms with Crippen molar-refractivity contribution in [3.8, 4) is 0 Å². The number of carbonyl (C=O) groups is 2. The smallest absolute Gasteiger partial charge is 0.408 e. The second kappa shape index (κ2) is 9.80. The van der Waals surface area contributed by atoms with Crippen LogP contribution in [0.25, 0.3) is 0 Å². The van der Waals surface area contributed by atoms with E-state index in [9.17, 15) is 19.8 Å². The summed E-state index contributed by atoms with van der Waals surface area (Å²) in [6.07, 6.45) is 2.62. The molecular weight excluding hydrogens is 405 g/mol. The molecule has 0 radical (unpaired) electrons. The number of carboxylic acid groups (broad SMARTS) is 2. The van der Waals surface area contributed by atoms with Crippen molar-refractivity contribution in [2.45, 2.75) is 39.3 Å². The van der Waals surface area contributed by atoms with E-state index < -0.39 is 18.1 Å². The fraction of sp³-hybridized carbons (Fsp3) is 0.421. The normalized spacial score (nSPS) is 12.2. The van der Waals surface area contributed by atoms with Gasteiger partial charge in [-0.3, -0.25) is 4.90 Å². The zero-order valence-corrected chi connectivity index (χ0v) is 17.2. The number of aromatic nitrogens is 2. The fourth-order valence-corrected chi connectivity index (χ4v) is 3.60. The Morgan fingerprint density at radius 1 is 1.18 bits per heavy atom. The van der Waals surface area contributed by atoms with Crippen LogP contribution in [-0.2, 0) is 17.8 Å². The van der Waals surface area contributed by atoms with Gasteiger partial charge in [0.15, 0.2) is 0 Å². The molecule has 0 fully saturated rings. The molecule has 0 aliphatic carbocycles. The van der Waals surface area contributed by atoms with E-state index >= 15 is 0 Å². The summed E-state index contributed by atoms with van der Waals surface area (Å²) in [6, 6.07) is 4.15. The van der Waals surface area contributed by atoms with Gasteiger partial charge in [-0.15, -0.1) is 0 Å². The Morgan fingerprint density at radius 2 is 1.82 bits per heavy atom. The number of imidazole rings is 1. The van der Waals surface area contributed by atoms with Gasteiger partial charge in [0.1, 0.15) is 6.04 Å². The number of aliphatic carboxylic acids is 1. The number of rotatable bonds is 9. The summed E-state index contributed by atoms with van der Waals surface area (Å²) < 4.78 is 1.86. The molecule has 0 unspecified atom stereocenters. The van der Waals surface area contributed by atoms with Crippen LogP contribution in [0.15, 0.2) is 30.7 Å². The lowest BCUT2D eigenvalue weighted by atomic mass is 10.0. The molecule has 2 N–H and O–H groups in total. The largest absolute Gasteiger partial charge is 0.480 e. The van der Waals surface area contributed by atoms with Crippen molar-refractivity contribution in [3.05, 3.63) is 52.0 Å². The van der Waals surface area contributed by atoms with Gasteiger partial charge in [0.25, 0.3) is 0 Å². The first-order valence-corrected chi connectivity index (χ1v) is 9.59. The maximum absolute atomic E-state index is 11.6. The van der Waals surface area contributed by atoms with Gasteiger partial charge in [-0.05, 0) is 36.1 Å². The van der Waals surface area contributed by atoms with E-state index in [4.69, 9.17) is 23.2 Å². The quantitative estimate of drug-likeness (QED) is 0.622. The van der Waals surface area contributed by atoms with Crippen LogP contribution in [-0.4, -0.2) is 49.3 Å². The molecule has 28 heavy (non-hydrogen) atoms. The molecule has 7 nitrogen and oxygen atoms in total. The summed E-state index contributed by atoms with van der Waals surface area (Å²) in [6.45, 7) is 4.25. The Morgan fingerprint density at radius 3 is 2.36 bits per heavy atom. The van der Waals surface area contributed by atoms with E-state index in [1.807, 2.05) is 18.4 Å². The molecule has 0 saturated carbocycles. The van der Waals surface area contributed by atoms with E-state index in [1.165, 1.54) is 0 Å². The lowest BCUT2D eigenvalue weighted by Crippen LogP contribution is -2.46. The third-order valence-electron chi connectivity index (χ3n) is 4.28. The predicted molar refractivity (Wildman–Crippen MR) is 107 cm³/mol. The molecule has 1 aromatic heterocycles. The average Bonchev–Trinajstić information content (AvgIpc) is 2.99. The maximum Gasteiger partial charge on any atom is 0.408 e. The SMILES string of the molecule is CC(C)C[C@@H](C(=O)O)N(CCc1cncn1Cc1cc(Cl)cc(Cl)c1)C(=O)O. The average molecular weight is 428 g/mol. The molecule has 1 atom stereocenters. The molecule has 1 amide bonds. The first-order chi connectivity index (χ1) is 13.2. The Kier molecular flexibility index (Phi) is 7.71. The number of carboxylic acids is 1. The minimum atomic E-state index is -1.25. The van der Waals surface area contributed by atoms with Gasteiger partial charge >= 0.3 is 12.1 Å². The molecule has 0 spiro atoms. The lowest BCUT2D eigenvalue weighted by molar-refractivity contribution is -0.143. The molecule has 152 valence electrons. The number of benzene rings is 1. The minimum absolute atomic E-state index is 0.0565. The molecule has 2 rings (SSSR count). The number of hydrogen-bond donors (Lipinski definition) is 2. The molecule has 1 aromatic carbocycles. The van der Waals surface area contributed by atoms with Crippen molar-refractivity contribution < 1.29 is 19.8 Å². The Labute approximate surface area is 173 Å². The van der Waals surface area contributed by atoms with Crippen LogP contribution < -0.4 is 0 Å². The van der Waals surface area contributed by atoms with Gasteiger partial charge in [0.2, 0.25) is 0 Å². The number of halogens is 2. The van der Waals surface area contributed by atoms with E-state index in [0.29, 0.717) is 23.0 Å². The second-order valence-corrected chi connectivity index (χ2v) is 7.87. The Bertz CT molecular complexity index is 818. The second-order valence-electron chi connectivity index (χ2n) is 7.00. The van der Waals surface area contributed by atoms with Crippen LogP contribution in [0.1, 0.15) is 31.5 Å². The Hall–Kier alpha value is -2.25. The number of amides is 1. The van der Waals surface area contributed by atoms with Crippen molar-refractivity contribution in [2.24, 2.45) is 5.92 Å². The maximum atomic E-state index is 11.6. The van der Waals surface area contributed by atoms with Gasteiger partial charge < -0.3 is 14.8 Å². The molecule has 0 saturated heterocycles. The predicted octanol–water partition coefficient (Wildman–Crippen LogP) is 4.26. The minimum Gasteiger partial charge on any atom is -0.480 e. The summed E-state index contributed by atoms with van der Waals surface area (Å²) in [5, 5.41) is 20.0. The monoisotopic (exact) mass is 427 g/mol. The van der Waals surface area contributed by atoms with Gasteiger partial charge in [-0.1, -0.05) is 37.0 Å². The highest BCUT2D eigenvalue weighted by molar-refractivity contribution is 6.34. The van der Waals surface area contributed by atoms with Crippen molar-refractivity contribution in [3.63, 3.8) is 0 Å². The summed E-state index contributed by atoms with van der Waals surface area (Å²) in [5.74, 6) is -1.08. The molecule has 1 heterocycles. The molecule has 9 heteroatoms. The van der Waals surface area contributed by atoms with Gasteiger partial charge in [0, 0.05) is 41.4 Å².